The minimum absolute atomic E-state index is 0. The van der Waals surface area contributed by atoms with Crippen LogP contribution in [0.4, 0.5) is 0 Å². The average molecular weight is 590 g/mol. The van der Waals surface area contributed by atoms with Gasteiger partial charge in [0.1, 0.15) is 0 Å². The summed E-state index contributed by atoms with van der Waals surface area (Å²) in [6.07, 6.45) is 2.75. The summed E-state index contributed by atoms with van der Waals surface area (Å²) in [5, 5.41) is 0. The number of hydrogen-bond donors (Lipinski definition) is 0. The van der Waals surface area contributed by atoms with Crippen LogP contribution in [-0.2, 0) is 25.9 Å². The van der Waals surface area contributed by atoms with Crippen molar-refractivity contribution in [3.63, 3.8) is 0 Å². The molecule has 0 radical (unpaired) electrons. The zero-order valence-electron chi connectivity index (χ0n) is 25.3. The van der Waals surface area contributed by atoms with Crippen LogP contribution in [0, 0.1) is 13.8 Å². The van der Waals surface area contributed by atoms with Gasteiger partial charge in [0, 0.05) is 0 Å². The molecule has 202 valence electrons. The molecule has 4 nitrogen and oxygen atoms in total. The van der Waals surface area contributed by atoms with E-state index in [0.29, 0.717) is 0 Å². The molecule has 5 heterocycles. The summed E-state index contributed by atoms with van der Waals surface area (Å²) in [7, 11) is 0. The smallest absolute Gasteiger partial charge is 0.657 e. The number of aryl methyl sites for hydroxylation is 3. The molecule has 0 atom stereocenters. The topological polar surface area (TPSA) is 54.0 Å². The first-order valence-corrected chi connectivity index (χ1v) is 14.4. The van der Waals surface area contributed by atoms with Crippen molar-refractivity contribution in [1.82, 2.24) is 19.9 Å². The van der Waals surface area contributed by atoms with Crippen molar-refractivity contribution in [3.8, 4) is 11.1 Å². The quantitative estimate of drug-likeness (QED) is 0.223. The second-order valence-electron chi connectivity index (χ2n) is 10.8. The summed E-state index contributed by atoms with van der Waals surface area (Å²) in [5.74, 6) is 0. The maximum Gasteiger partial charge on any atom is 2.00 e. The van der Waals surface area contributed by atoms with E-state index < -0.39 is 0 Å². The second-order valence-corrected chi connectivity index (χ2v) is 10.8. The summed E-state index contributed by atoms with van der Waals surface area (Å²) < 4.78 is 0. The Morgan fingerprint density at radius 3 is 1.59 bits per heavy atom. The number of fused-ring (bicyclic) bond motifs is 8. The maximum absolute atomic E-state index is 5.21. The molecule has 2 aliphatic heterocycles. The molecule has 0 spiro atoms. The number of hydrogen-bond acceptors (Lipinski definition) is 2. The van der Waals surface area contributed by atoms with Crippen LogP contribution >= 0.6 is 0 Å². The van der Waals surface area contributed by atoms with E-state index in [1.807, 2.05) is 0 Å². The van der Waals surface area contributed by atoms with Gasteiger partial charge in [0.15, 0.2) is 0 Å². The third-order valence-electron chi connectivity index (χ3n) is 8.63. The summed E-state index contributed by atoms with van der Waals surface area (Å²) in [4.78, 5) is 20.7. The van der Waals surface area contributed by atoms with Gasteiger partial charge in [-0.05, 0) is 80.4 Å². The van der Waals surface area contributed by atoms with Crippen molar-refractivity contribution < 1.29 is 19.5 Å². The summed E-state index contributed by atoms with van der Waals surface area (Å²) in [6, 6.07) is 19.3. The van der Waals surface area contributed by atoms with E-state index in [-0.39, 0.29) is 19.5 Å². The van der Waals surface area contributed by atoms with Gasteiger partial charge in [-0.1, -0.05) is 92.1 Å². The fourth-order valence-corrected chi connectivity index (χ4v) is 6.32. The molecule has 0 amide bonds. The largest absolute Gasteiger partial charge is 2.00 e. The Morgan fingerprint density at radius 2 is 1.05 bits per heavy atom. The van der Waals surface area contributed by atoms with Gasteiger partial charge >= 0.3 is 19.5 Å². The summed E-state index contributed by atoms with van der Waals surface area (Å²) in [6.45, 7) is 15.3. The van der Waals surface area contributed by atoms with Crippen LogP contribution in [0.1, 0.15) is 86.9 Å². The second kappa shape index (κ2) is 11.4. The summed E-state index contributed by atoms with van der Waals surface area (Å²) >= 11 is 0. The van der Waals surface area contributed by atoms with Crippen LogP contribution in [0.5, 0.6) is 0 Å². The van der Waals surface area contributed by atoms with Gasteiger partial charge in [-0.25, -0.2) is 9.97 Å². The molecule has 0 N–H and O–H groups in total. The van der Waals surface area contributed by atoms with Gasteiger partial charge < -0.3 is 9.97 Å². The van der Waals surface area contributed by atoms with Crippen LogP contribution < -0.4 is 9.97 Å². The van der Waals surface area contributed by atoms with Crippen molar-refractivity contribution >= 4 is 44.4 Å². The van der Waals surface area contributed by atoms with Crippen LogP contribution in [0.3, 0.4) is 0 Å². The number of rotatable bonds is 4. The van der Waals surface area contributed by atoms with Crippen molar-refractivity contribution in [2.75, 3.05) is 0 Å². The van der Waals surface area contributed by atoms with Gasteiger partial charge in [0.05, 0.1) is 22.8 Å². The molecule has 5 heteroatoms. The van der Waals surface area contributed by atoms with E-state index in [9.17, 15) is 0 Å². The number of nitrogens with zero attached hydrogens (tertiary/aromatic N) is 4. The molecule has 3 aromatic heterocycles. The van der Waals surface area contributed by atoms with E-state index in [1.165, 1.54) is 33.4 Å². The van der Waals surface area contributed by atoms with Gasteiger partial charge in [-0.15, -0.1) is 22.1 Å². The summed E-state index contributed by atoms with van der Waals surface area (Å²) in [5.41, 5.74) is 18.8. The first-order valence-electron chi connectivity index (χ1n) is 14.4. The van der Waals surface area contributed by atoms with E-state index in [2.05, 4.69) is 103 Å². The minimum atomic E-state index is 0. The molecule has 0 aliphatic carbocycles. The molecule has 0 fully saturated rings. The Bertz CT molecular complexity index is 1880. The molecule has 6 rings (SSSR count). The van der Waals surface area contributed by atoms with E-state index in [1.54, 1.807) is 0 Å². The van der Waals surface area contributed by atoms with Crippen LogP contribution in [-0.4, -0.2) is 9.97 Å². The predicted octanol–water partition coefficient (Wildman–Crippen LogP) is 9.10. The van der Waals surface area contributed by atoms with Crippen molar-refractivity contribution in [3.05, 3.63) is 94.1 Å². The average Bonchev–Trinajstić information content (AvgIpc) is 3.62. The molecule has 0 saturated heterocycles. The molecular formula is C36H36N4Zn. The van der Waals surface area contributed by atoms with Gasteiger partial charge in [0.25, 0.3) is 0 Å². The maximum atomic E-state index is 5.21. The molecule has 2 aliphatic rings. The predicted molar refractivity (Wildman–Crippen MR) is 169 cm³/mol. The normalized spacial score (nSPS) is 13.1. The Kier molecular flexibility index (Phi) is 8.03. The zero-order valence-corrected chi connectivity index (χ0v) is 28.3. The van der Waals surface area contributed by atoms with Crippen molar-refractivity contribution in [2.24, 2.45) is 0 Å². The molecule has 8 bridgehead atoms. The van der Waals surface area contributed by atoms with E-state index in [0.717, 1.165) is 80.8 Å². The fraction of sp³-hybridized carbons (Fsp3) is 0.278. The third kappa shape index (κ3) is 4.85. The first-order chi connectivity index (χ1) is 19.3. The van der Waals surface area contributed by atoms with Crippen LogP contribution in [0.25, 0.3) is 55.5 Å². The first kappa shape index (κ1) is 29.0. The standard InChI is InChI=1S/C36H36N4.Zn/c1-8-25-20(4)28-17-33-27(10-3)22(6)30(39-33)19-35-36(24-14-12-11-13-15-24)23(7)31(40-35)18-34-26(9-2)21(5)29(38-34)16-32(25)37-28;/h11-19H,8-10H2,1-7H3;/q-2;+2. The Morgan fingerprint density at radius 1 is 0.561 bits per heavy atom. The Hall–Kier alpha value is -3.56. The monoisotopic (exact) mass is 588 g/mol. The van der Waals surface area contributed by atoms with Gasteiger partial charge in [0.2, 0.25) is 0 Å². The fourth-order valence-electron chi connectivity index (χ4n) is 6.32. The molecule has 41 heavy (non-hydrogen) atoms. The SMILES string of the molecule is CCC1=C(C)c2cc3[n-]c(cc4nc(cc5[n-]c(cc1n2)c(C)c5CC)C(C)=C4CC)c(C)c3-c1ccccc1.[Zn+2]. The van der Waals surface area contributed by atoms with Crippen molar-refractivity contribution in [2.45, 2.75) is 67.7 Å². The molecule has 0 saturated carbocycles. The molecule has 4 aromatic rings. The Labute approximate surface area is 255 Å². The number of benzene rings is 1. The van der Waals surface area contributed by atoms with Gasteiger partial charge in [-0.3, -0.25) is 0 Å². The zero-order chi connectivity index (χ0) is 28.1. The van der Waals surface area contributed by atoms with Crippen LogP contribution in [0.2, 0.25) is 0 Å². The number of aromatic nitrogens is 4. The van der Waals surface area contributed by atoms with Gasteiger partial charge in [-0.2, -0.15) is 0 Å². The molecular weight excluding hydrogens is 554 g/mol. The molecule has 0 unspecified atom stereocenters. The molecule has 1 aromatic carbocycles. The van der Waals surface area contributed by atoms with Crippen molar-refractivity contribution in [1.29, 1.82) is 0 Å². The Balaban J connectivity index is 0.00000337. The van der Waals surface area contributed by atoms with Crippen LogP contribution in [0.15, 0.2) is 54.6 Å². The van der Waals surface area contributed by atoms with E-state index in [4.69, 9.17) is 19.9 Å². The minimum Gasteiger partial charge on any atom is -0.657 e. The third-order valence-corrected chi connectivity index (χ3v) is 8.63. The number of allylic oxidation sites excluding steroid dienone is 4. The van der Waals surface area contributed by atoms with E-state index >= 15 is 0 Å².